The molecule has 2 aromatic rings. The van der Waals surface area contributed by atoms with Crippen LogP contribution < -0.4 is 5.73 Å². The number of hydrogen-bond donors (Lipinski definition) is 1. The Morgan fingerprint density at radius 1 is 1.11 bits per heavy atom. The van der Waals surface area contributed by atoms with E-state index in [1.54, 1.807) is 0 Å². The average molecular weight is 241 g/mol. The van der Waals surface area contributed by atoms with Crippen molar-refractivity contribution in [3.63, 3.8) is 0 Å². The first-order chi connectivity index (χ1) is 8.54. The van der Waals surface area contributed by atoms with E-state index in [9.17, 15) is 4.79 Å². The molecule has 94 valence electrons. The van der Waals surface area contributed by atoms with Gasteiger partial charge in [0.1, 0.15) is 5.78 Å². The number of ketones is 1. The molecule has 2 heteroatoms. The van der Waals surface area contributed by atoms with Gasteiger partial charge in [-0.25, -0.2) is 0 Å². The molecule has 2 nitrogen and oxygen atoms in total. The molecule has 0 aliphatic heterocycles. The number of rotatable bonds is 4. The number of nitrogens with two attached hydrogens (primary N) is 1. The summed E-state index contributed by atoms with van der Waals surface area (Å²) in [6, 6.07) is 14.2. The zero-order chi connectivity index (χ0) is 13.2. The third-order valence-electron chi connectivity index (χ3n) is 3.50. The van der Waals surface area contributed by atoms with Crippen molar-refractivity contribution in [1.82, 2.24) is 0 Å². The Labute approximate surface area is 108 Å². The number of benzene rings is 2. The second-order valence-corrected chi connectivity index (χ2v) is 5.33. The highest BCUT2D eigenvalue weighted by molar-refractivity contribution is 5.92. The first-order valence-corrected chi connectivity index (χ1v) is 6.24. The third kappa shape index (κ3) is 2.44. The van der Waals surface area contributed by atoms with E-state index in [4.69, 9.17) is 5.73 Å². The Kier molecular flexibility index (Phi) is 3.48. The molecule has 0 fully saturated rings. The second-order valence-electron chi connectivity index (χ2n) is 5.33. The molecule has 0 spiro atoms. The summed E-state index contributed by atoms with van der Waals surface area (Å²) in [5, 5.41) is 2.33. The van der Waals surface area contributed by atoms with Gasteiger partial charge in [0, 0.05) is 18.4 Å². The van der Waals surface area contributed by atoms with Crippen molar-refractivity contribution in [3.05, 3.63) is 48.0 Å². The van der Waals surface area contributed by atoms with Crippen LogP contribution in [0.1, 0.15) is 19.4 Å². The summed E-state index contributed by atoms with van der Waals surface area (Å²) < 4.78 is 0. The Hall–Kier alpha value is -1.67. The first-order valence-electron chi connectivity index (χ1n) is 6.24. The molecule has 18 heavy (non-hydrogen) atoms. The quantitative estimate of drug-likeness (QED) is 0.894. The van der Waals surface area contributed by atoms with Gasteiger partial charge in [0.15, 0.2) is 0 Å². The molecule has 0 heterocycles. The van der Waals surface area contributed by atoms with E-state index in [0.29, 0.717) is 13.0 Å². The van der Waals surface area contributed by atoms with Gasteiger partial charge in [-0.2, -0.15) is 0 Å². The van der Waals surface area contributed by atoms with Gasteiger partial charge in [0.25, 0.3) is 0 Å². The standard InChI is InChI=1S/C16H19NO/c1-16(2,11-17)15(18)10-13-8-5-7-12-6-3-4-9-14(12)13/h3-9H,10-11,17H2,1-2H3. The molecule has 0 unspecified atom stereocenters. The summed E-state index contributed by atoms with van der Waals surface area (Å²) in [5.41, 5.74) is 6.29. The lowest BCUT2D eigenvalue weighted by molar-refractivity contribution is -0.125. The van der Waals surface area contributed by atoms with Gasteiger partial charge in [-0.15, -0.1) is 0 Å². The van der Waals surface area contributed by atoms with Gasteiger partial charge in [0.2, 0.25) is 0 Å². The van der Waals surface area contributed by atoms with E-state index in [2.05, 4.69) is 18.2 Å². The summed E-state index contributed by atoms with van der Waals surface area (Å²) in [7, 11) is 0. The minimum Gasteiger partial charge on any atom is -0.329 e. The molecule has 0 atom stereocenters. The SMILES string of the molecule is CC(C)(CN)C(=O)Cc1cccc2ccccc12. The monoisotopic (exact) mass is 241 g/mol. The predicted octanol–water partition coefficient (Wildman–Crippen LogP) is 2.94. The van der Waals surface area contributed by atoms with Crippen LogP contribution in [0.3, 0.4) is 0 Å². The van der Waals surface area contributed by atoms with E-state index in [0.717, 1.165) is 10.9 Å². The predicted molar refractivity (Wildman–Crippen MR) is 75.5 cm³/mol. The lowest BCUT2D eigenvalue weighted by Crippen LogP contribution is -2.33. The Morgan fingerprint density at radius 3 is 2.50 bits per heavy atom. The summed E-state index contributed by atoms with van der Waals surface area (Å²) in [6.45, 7) is 4.19. The maximum Gasteiger partial charge on any atom is 0.144 e. The minimum atomic E-state index is -0.447. The topological polar surface area (TPSA) is 43.1 Å². The van der Waals surface area contributed by atoms with Crippen molar-refractivity contribution in [2.75, 3.05) is 6.54 Å². The van der Waals surface area contributed by atoms with Crippen molar-refractivity contribution in [3.8, 4) is 0 Å². The van der Waals surface area contributed by atoms with Gasteiger partial charge in [0.05, 0.1) is 0 Å². The molecule has 0 aromatic heterocycles. The number of hydrogen-bond acceptors (Lipinski definition) is 2. The van der Waals surface area contributed by atoms with Crippen LogP contribution >= 0.6 is 0 Å². The fraction of sp³-hybridized carbons (Fsp3) is 0.312. The summed E-state index contributed by atoms with van der Waals surface area (Å²) in [5.74, 6) is 0.196. The third-order valence-corrected chi connectivity index (χ3v) is 3.50. The zero-order valence-corrected chi connectivity index (χ0v) is 10.9. The van der Waals surface area contributed by atoms with Crippen molar-refractivity contribution < 1.29 is 4.79 Å². The van der Waals surface area contributed by atoms with Gasteiger partial charge in [-0.3, -0.25) is 4.79 Å². The fourth-order valence-electron chi connectivity index (χ4n) is 1.97. The Balaban J connectivity index is 2.36. The summed E-state index contributed by atoms with van der Waals surface area (Å²) >= 11 is 0. The molecule has 0 aliphatic rings. The van der Waals surface area contributed by atoms with Crippen LogP contribution in [0.25, 0.3) is 10.8 Å². The second kappa shape index (κ2) is 4.91. The molecule has 2 aromatic carbocycles. The average Bonchev–Trinajstić information content (AvgIpc) is 2.39. The molecule has 2 N–H and O–H groups in total. The molecule has 0 saturated carbocycles. The van der Waals surface area contributed by atoms with Crippen LogP contribution in [-0.4, -0.2) is 12.3 Å². The highest BCUT2D eigenvalue weighted by atomic mass is 16.1. The molecular formula is C16H19NO. The zero-order valence-electron chi connectivity index (χ0n) is 10.9. The van der Waals surface area contributed by atoms with Crippen LogP contribution in [0.4, 0.5) is 0 Å². The Bertz CT molecular complexity index is 567. The van der Waals surface area contributed by atoms with E-state index in [1.807, 2.05) is 38.1 Å². The maximum atomic E-state index is 12.2. The van der Waals surface area contributed by atoms with E-state index >= 15 is 0 Å². The van der Waals surface area contributed by atoms with E-state index in [-0.39, 0.29) is 5.78 Å². The number of Topliss-reactive ketones (excluding diaryl/α,β-unsaturated/α-hetero) is 1. The first kappa shape index (κ1) is 12.8. The minimum absolute atomic E-state index is 0.196. The highest BCUT2D eigenvalue weighted by Gasteiger charge is 2.25. The Morgan fingerprint density at radius 2 is 1.78 bits per heavy atom. The normalized spacial score (nSPS) is 11.7. The summed E-state index contributed by atoms with van der Waals surface area (Å²) in [4.78, 5) is 12.2. The number of fused-ring (bicyclic) bond motifs is 1. The van der Waals surface area contributed by atoms with Crippen LogP contribution in [0.15, 0.2) is 42.5 Å². The van der Waals surface area contributed by atoms with Gasteiger partial charge in [-0.05, 0) is 16.3 Å². The van der Waals surface area contributed by atoms with Crippen molar-refractivity contribution in [2.24, 2.45) is 11.1 Å². The largest absolute Gasteiger partial charge is 0.329 e. The van der Waals surface area contributed by atoms with Gasteiger partial charge >= 0.3 is 0 Å². The number of carbonyl (C=O) groups excluding carboxylic acids is 1. The molecule has 0 saturated heterocycles. The molecule has 0 bridgehead atoms. The molecule has 0 radical (unpaired) electrons. The van der Waals surface area contributed by atoms with Crippen LogP contribution in [-0.2, 0) is 11.2 Å². The highest BCUT2D eigenvalue weighted by Crippen LogP contribution is 2.23. The van der Waals surface area contributed by atoms with Crippen molar-refractivity contribution in [1.29, 1.82) is 0 Å². The lowest BCUT2D eigenvalue weighted by Gasteiger charge is -2.21. The van der Waals surface area contributed by atoms with Crippen LogP contribution in [0.5, 0.6) is 0 Å². The maximum absolute atomic E-state index is 12.2. The van der Waals surface area contributed by atoms with Crippen molar-refractivity contribution >= 4 is 16.6 Å². The van der Waals surface area contributed by atoms with E-state index < -0.39 is 5.41 Å². The smallest absolute Gasteiger partial charge is 0.144 e. The summed E-state index contributed by atoms with van der Waals surface area (Å²) in [6.07, 6.45) is 0.450. The fourth-order valence-corrected chi connectivity index (χ4v) is 1.97. The molecule has 0 amide bonds. The van der Waals surface area contributed by atoms with Crippen LogP contribution in [0, 0.1) is 5.41 Å². The number of carbonyl (C=O) groups is 1. The molecule has 2 rings (SSSR count). The lowest BCUT2D eigenvalue weighted by atomic mass is 9.84. The molecule has 0 aliphatic carbocycles. The van der Waals surface area contributed by atoms with Gasteiger partial charge < -0.3 is 5.73 Å². The van der Waals surface area contributed by atoms with Gasteiger partial charge in [-0.1, -0.05) is 56.3 Å². The van der Waals surface area contributed by atoms with E-state index in [1.165, 1.54) is 5.39 Å². The van der Waals surface area contributed by atoms with Crippen LogP contribution in [0.2, 0.25) is 0 Å². The molecular weight excluding hydrogens is 222 g/mol. The van der Waals surface area contributed by atoms with Crippen molar-refractivity contribution in [2.45, 2.75) is 20.3 Å².